The van der Waals surface area contributed by atoms with Gasteiger partial charge in [-0.3, -0.25) is 9.36 Å². The molecule has 0 N–H and O–H groups in total. The van der Waals surface area contributed by atoms with E-state index in [4.69, 9.17) is 11.6 Å². The van der Waals surface area contributed by atoms with Crippen LogP contribution in [-0.4, -0.2) is 4.57 Å². The highest BCUT2D eigenvalue weighted by Crippen LogP contribution is 2.14. The predicted molar refractivity (Wildman–Crippen MR) is 108 cm³/mol. The fraction of sp³-hybridized carbons (Fsp3) is 0.0952. The van der Waals surface area contributed by atoms with Crippen LogP contribution in [0.25, 0.3) is 17.3 Å². The molecular weight excluding hydrogens is 378 g/mol. The van der Waals surface area contributed by atoms with Gasteiger partial charge >= 0.3 is 0 Å². The molecule has 0 atom stereocenters. The SMILES string of the molecule is Cc1ccc(C)c(-n2c(=C(C#N)C#N)s/c(=C/c3cccc(Cl)c3)c2=O)c1. The van der Waals surface area contributed by atoms with E-state index in [9.17, 15) is 15.3 Å². The summed E-state index contributed by atoms with van der Waals surface area (Å²) in [5.41, 5.74) is 2.94. The summed E-state index contributed by atoms with van der Waals surface area (Å²) in [4.78, 5) is 13.2. The first-order chi connectivity index (χ1) is 12.9. The van der Waals surface area contributed by atoms with Crippen molar-refractivity contribution in [1.29, 1.82) is 10.5 Å². The molecule has 0 bridgehead atoms. The van der Waals surface area contributed by atoms with Gasteiger partial charge in [-0.2, -0.15) is 10.5 Å². The first kappa shape index (κ1) is 18.7. The van der Waals surface area contributed by atoms with E-state index >= 15 is 0 Å². The molecule has 0 aliphatic heterocycles. The Morgan fingerprint density at radius 1 is 1.15 bits per heavy atom. The van der Waals surface area contributed by atoms with Crippen molar-refractivity contribution in [2.24, 2.45) is 0 Å². The van der Waals surface area contributed by atoms with E-state index in [0.29, 0.717) is 19.9 Å². The summed E-state index contributed by atoms with van der Waals surface area (Å²) in [6.45, 7) is 3.82. The van der Waals surface area contributed by atoms with Crippen molar-refractivity contribution in [3.8, 4) is 17.8 Å². The van der Waals surface area contributed by atoms with Gasteiger partial charge in [0.2, 0.25) is 0 Å². The molecule has 0 saturated heterocycles. The Balaban J connectivity index is 2.45. The first-order valence-corrected chi connectivity index (χ1v) is 9.25. The third-order valence-corrected chi connectivity index (χ3v) is 5.34. The maximum atomic E-state index is 13.2. The lowest BCUT2D eigenvalue weighted by atomic mass is 10.1. The van der Waals surface area contributed by atoms with Crippen LogP contribution >= 0.6 is 22.9 Å². The second-order valence-corrected chi connectivity index (χ2v) is 7.47. The molecule has 0 radical (unpaired) electrons. The Kier molecular flexibility index (Phi) is 5.28. The molecule has 0 unspecified atom stereocenters. The van der Waals surface area contributed by atoms with Gasteiger partial charge in [0.05, 0.1) is 10.2 Å². The zero-order chi connectivity index (χ0) is 19.6. The molecule has 6 heteroatoms. The highest BCUT2D eigenvalue weighted by atomic mass is 35.5. The lowest BCUT2D eigenvalue weighted by molar-refractivity contribution is 0.972. The molecule has 2 aromatic carbocycles. The number of nitriles is 2. The van der Waals surface area contributed by atoms with E-state index in [1.54, 1.807) is 24.3 Å². The average Bonchev–Trinajstić information content (AvgIpc) is 2.94. The number of halogens is 1. The number of hydrogen-bond donors (Lipinski definition) is 0. The van der Waals surface area contributed by atoms with Gasteiger partial charge < -0.3 is 0 Å². The van der Waals surface area contributed by atoms with Crippen molar-refractivity contribution >= 4 is 34.6 Å². The molecule has 27 heavy (non-hydrogen) atoms. The summed E-state index contributed by atoms with van der Waals surface area (Å²) < 4.78 is 2.20. The second-order valence-electron chi connectivity index (χ2n) is 6.00. The van der Waals surface area contributed by atoms with Crippen LogP contribution in [0.4, 0.5) is 0 Å². The van der Waals surface area contributed by atoms with E-state index in [-0.39, 0.29) is 11.1 Å². The fourth-order valence-electron chi connectivity index (χ4n) is 2.70. The van der Waals surface area contributed by atoms with Gasteiger partial charge in [0, 0.05) is 5.02 Å². The minimum atomic E-state index is -0.272. The molecule has 0 amide bonds. The lowest BCUT2D eigenvalue weighted by Gasteiger charge is -2.07. The summed E-state index contributed by atoms with van der Waals surface area (Å²) in [6, 6.07) is 16.7. The van der Waals surface area contributed by atoms with Crippen LogP contribution < -0.4 is 14.8 Å². The van der Waals surface area contributed by atoms with Crippen LogP contribution in [0.2, 0.25) is 5.02 Å². The predicted octanol–water partition coefficient (Wildman–Crippen LogP) is 3.20. The van der Waals surface area contributed by atoms with Crippen molar-refractivity contribution < 1.29 is 0 Å². The van der Waals surface area contributed by atoms with Crippen molar-refractivity contribution in [3.05, 3.63) is 83.7 Å². The molecule has 0 aliphatic rings. The zero-order valence-electron chi connectivity index (χ0n) is 14.7. The van der Waals surface area contributed by atoms with Gasteiger partial charge in [0.15, 0.2) is 5.57 Å². The third kappa shape index (κ3) is 3.71. The van der Waals surface area contributed by atoms with Crippen LogP contribution in [-0.2, 0) is 0 Å². The van der Waals surface area contributed by atoms with Crippen molar-refractivity contribution in [3.63, 3.8) is 0 Å². The Morgan fingerprint density at radius 2 is 1.89 bits per heavy atom. The number of hydrogen-bond acceptors (Lipinski definition) is 4. The minimum Gasteiger partial charge on any atom is -0.267 e. The van der Waals surface area contributed by atoms with Crippen LogP contribution in [0.3, 0.4) is 0 Å². The van der Waals surface area contributed by atoms with Crippen LogP contribution in [0, 0.1) is 36.5 Å². The van der Waals surface area contributed by atoms with Gasteiger partial charge in [0.25, 0.3) is 5.56 Å². The Bertz CT molecular complexity index is 1290. The number of rotatable bonds is 2. The minimum absolute atomic E-state index is 0.0937. The smallest absolute Gasteiger partial charge is 0.267 e. The molecule has 4 nitrogen and oxygen atoms in total. The van der Waals surface area contributed by atoms with Crippen LogP contribution in [0.1, 0.15) is 16.7 Å². The van der Waals surface area contributed by atoms with E-state index in [1.165, 1.54) is 4.57 Å². The molecule has 1 heterocycles. The largest absolute Gasteiger partial charge is 0.273 e. The second kappa shape index (κ2) is 7.63. The zero-order valence-corrected chi connectivity index (χ0v) is 16.2. The van der Waals surface area contributed by atoms with Crippen LogP contribution in [0.5, 0.6) is 0 Å². The monoisotopic (exact) mass is 391 g/mol. The summed E-state index contributed by atoms with van der Waals surface area (Å²) >= 11 is 7.15. The van der Waals surface area contributed by atoms with E-state index < -0.39 is 0 Å². The number of benzene rings is 2. The average molecular weight is 392 g/mol. The Hall–Kier alpha value is -3.12. The number of thiazole rings is 1. The van der Waals surface area contributed by atoms with Crippen molar-refractivity contribution in [1.82, 2.24) is 4.57 Å². The van der Waals surface area contributed by atoms with Gasteiger partial charge in [-0.1, -0.05) is 35.9 Å². The number of aromatic nitrogens is 1. The first-order valence-electron chi connectivity index (χ1n) is 8.06. The van der Waals surface area contributed by atoms with Gasteiger partial charge in [-0.25, -0.2) is 0 Å². The van der Waals surface area contributed by atoms with E-state index in [2.05, 4.69) is 0 Å². The molecular formula is C21H14ClN3OS. The molecule has 1 aromatic heterocycles. The molecule has 0 saturated carbocycles. The van der Waals surface area contributed by atoms with Crippen molar-refractivity contribution in [2.75, 3.05) is 0 Å². The maximum absolute atomic E-state index is 13.2. The number of aryl methyl sites for hydroxylation is 2. The summed E-state index contributed by atoms with van der Waals surface area (Å²) in [7, 11) is 0. The third-order valence-electron chi connectivity index (χ3n) is 4.01. The highest BCUT2D eigenvalue weighted by Gasteiger charge is 2.13. The lowest BCUT2D eigenvalue weighted by Crippen LogP contribution is -2.31. The summed E-state index contributed by atoms with van der Waals surface area (Å²) in [5.74, 6) is 0. The van der Waals surface area contributed by atoms with Gasteiger partial charge in [-0.05, 0) is 54.8 Å². The van der Waals surface area contributed by atoms with Crippen LogP contribution in [0.15, 0.2) is 47.3 Å². The van der Waals surface area contributed by atoms with Crippen molar-refractivity contribution in [2.45, 2.75) is 13.8 Å². The van der Waals surface area contributed by atoms with E-state index in [1.807, 2.05) is 50.3 Å². The van der Waals surface area contributed by atoms with E-state index in [0.717, 1.165) is 28.0 Å². The quantitative estimate of drug-likeness (QED) is 0.673. The molecule has 0 aliphatic carbocycles. The molecule has 3 aromatic rings. The molecule has 0 fully saturated rings. The summed E-state index contributed by atoms with van der Waals surface area (Å²) in [6.07, 6.45) is 1.72. The fourth-order valence-corrected chi connectivity index (χ4v) is 3.94. The van der Waals surface area contributed by atoms with Gasteiger partial charge in [-0.15, -0.1) is 11.3 Å². The maximum Gasteiger partial charge on any atom is 0.273 e. The Morgan fingerprint density at radius 3 is 2.56 bits per heavy atom. The Labute approximate surface area is 165 Å². The topological polar surface area (TPSA) is 69.6 Å². The molecule has 3 rings (SSSR count). The normalized spacial score (nSPS) is 11.1. The molecule has 0 spiro atoms. The highest BCUT2D eigenvalue weighted by molar-refractivity contribution is 7.07. The number of nitrogens with zero attached hydrogens (tertiary/aromatic N) is 3. The summed E-state index contributed by atoms with van der Waals surface area (Å²) in [5, 5.41) is 19.3. The van der Waals surface area contributed by atoms with Gasteiger partial charge in [0.1, 0.15) is 16.8 Å². The standard InChI is InChI=1S/C21H14ClN3OS/c1-13-6-7-14(2)18(8-13)25-20(26)19(27-21(25)16(11-23)12-24)10-15-4-3-5-17(22)9-15/h3-10H,1-2H3/b19-10+. The molecule has 132 valence electrons.